The summed E-state index contributed by atoms with van der Waals surface area (Å²) in [5.74, 6) is -0.366. The highest BCUT2D eigenvalue weighted by Gasteiger charge is 2.12. The van der Waals surface area contributed by atoms with Crippen molar-refractivity contribution < 1.29 is 9.21 Å². The van der Waals surface area contributed by atoms with Gasteiger partial charge >= 0.3 is 5.76 Å². The molecule has 1 atom stereocenters. The zero-order valence-electron chi connectivity index (χ0n) is 8.59. The van der Waals surface area contributed by atoms with E-state index in [1.165, 1.54) is 10.8 Å². The summed E-state index contributed by atoms with van der Waals surface area (Å²) in [6.07, 6.45) is 8.39. The normalized spacial score (nSPS) is 12.3. The number of carbonyl (C=O) groups is 1. The number of oxazole rings is 1. The molecule has 1 aromatic rings. The third-order valence-electron chi connectivity index (χ3n) is 2.32. The highest BCUT2D eigenvalue weighted by atomic mass is 16.4. The van der Waals surface area contributed by atoms with Gasteiger partial charge in [-0.1, -0.05) is 6.08 Å². The summed E-state index contributed by atoms with van der Waals surface area (Å²) in [5.41, 5.74) is 0. The van der Waals surface area contributed by atoms with Crippen molar-refractivity contribution in [2.24, 2.45) is 0 Å². The standard InChI is InChI=1S/C11H15NO3/c1-2-3-5-10(6-4-8-13)12-7-9-15-11(12)14/h2,7-10H,1,3-6H2/t10-/m0/s1. The maximum absolute atomic E-state index is 11.3. The molecule has 15 heavy (non-hydrogen) atoms. The minimum Gasteiger partial charge on any atom is -0.416 e. The molecular weight excluding hydrogens is 194 g/mol. The van der Waals surface area contributed by atoms with Crippen LogP contribution in [0.15, 0.2) is 34.3 Å². The zero-order valence-corrected chi connectivity index (χ0v) is 8.59. The van der Waals surface area contributed by atoms with Crippen LogP contribution >= 0.6 is 0 Å². The van der Waals surface area contributed by atoms with Crippen molar-refractivity contribution >= 4 is 6.29 Å². The third-order valence-corrected chi connectivity index (χ3v) is 2.32. The summed E-state index contributed by atoms with van der Waals surface area (Å²) in [5, 5.41) is 0. The monoisotopic (exact) mass is 209 g/mol. The van der Waals surface area contributed by atoms with E-state index in [9.17, 15) is 9.59 Å². The SMILES string of the molecule is C=CCC[C@@H](CCC=O)n1ccoc1=O. The van der Waals surface area contributed by atoms with Gasteiger partial charge in [-0.25, -0.2) is 4.79 Å². The fraction of sp³-hybridized carbons (Fsp3) is 0.455. The van der Waals surface area contributed by atoms with Crippen LogP contribution in [-0.4, -0.2) is 10.9 Å². The van der Waals surface area contributed by atoms with Crippen molar-refractivity contribution in [2.45, 2.75) is 31.7 Å². The lowest BCUT2D eigenvalue weighted by molar-refractivity contribution is -0.108. The Labute approximate surface area is 88.2 Å². The van der Waals surface area contributed by atoms with E-state index in [0.717, 1.165) is 19.1 Å². The molecule has 0 unspecified atom stereocenters. The molecule has 0 fully saturated rings. The Morgan fingerprint density at radius 1 is 1.47 bits per heavy atom. The summed E-state index contributed by atoms with van der Waals surface area (Å²) in [6.45, 7) is 3.64. The van der Waals surface area contributed by atoms with E-state index in [1.54, 1.807) is 12.3 Å². The minimum atomic E-state index is -0.366. The number of aromatic nitrogens is 1. The van der Waals surface area contributed by atoms with E-state index >= 15 is 0 Å². The van der Waals surface area contributed by atoms with Crippen molar-refractivity contribution in [3.63, 3.8) is 0 Å². The van der Waals surface area contributed by atoms with Crippen LogP contribution in [0.5, 0.6) is 0 Å². The Balaban J connectivity index is 2.70. The molecule has 0 aromatic carbocycles. The average Bonchev–Trinajstić information content (AvgIpc) is 2.65. The average molecular weight is 209 g/mol. The van der Waals surface area contributed by atoms with Crippen LogP contribution in [-0.2, 0) is 4.79 Å². The first-order valence-electron chi connectivity index (χ1n) is 4.99. The van der Waals surface area contributed by atoms with Crippen molar-refractivity contribution in [3.05, 3.63) is 35.7 Å². The molecular formula is C11H15NO3. The van der Waals surface area contributed by atoms with Crippen LogP contribution in [0.4, 0.5) is 0 Å². The summed E-state index contributed by atoms with van der Waals surface area (Å²) in [6, 6.07) is 0.0273. The summed E-state index contributed by atoms with van der Waals surface area (Å²) in [7, 11) is 0. The Hall–Kier alpha value is -1.58. The second-order valence-corrected chi connectivity index (χ2v) is 3.34. The number of allylic oxidation sites excluding steroid dienone is 1. The molecule has 1 rings (SSSR count). The van der Waals surface area contributed by atoms with Gasteiger partial charge in [-0.15, -0.1) is 6.58 Å². The van der Waals surface area contributed by atoms with Gasteiger partial charge in [0.25, 0.3) is 0 Å². The quantitative estimate of drug-likeness (QED) is 0.509. The van der Waals surface area contributed by atoms with Gasteiger partial charge in [-0.2, -0.15) is 0 Å². The van der Waals surface area contributed by atoms with Gasteiger partial charge in [-0.3, -0.25) is 4.57 Å². The number of hydrogen-bond acceptors (Lipinski definition) is 3. The van der Waals surface area contributed by atoms with E-state index in [2.05, 4.69) is 6.58 Å². The van der Waals surface area contributed by atoms with E-state index in [0.29, 0.717) is 12.8 Å². The van der Waals surface area contributed by atoms with E-state index in [-0.39, 0.29) is 11.8 Å². The molecule has 0 amide bonds. The van der Waals surface area contributed by atoms with Crippen LogP contribution < -0.4 is 5.76 Å². The predicted molar refractivity (Wildman–Crippen MR) is 56.7 cm³/mol. The first-order valence-corrected chi connectivity index (χ1v) is 4.99. The maximum Gasteiger partial charge on any atom is 0.419 e. The van der Waals surface area contributed by atoms with Gasteiger partial charge in [0.2, 0.25) is 0 Å². The second-order valence-electron chi connectivity index (χ2n) is 3.34. The van der Waals surface area contributed by atoms with Crippen LogP contribution in [0.1, 0.15) is 31.7 Å². The molecule has 82 valence electrons. The number of hydrogen-bond donors (Lipinski definition) is 0. The highest BCUT2D eigenvalue weighted by molar-refractivity contribution is 5.49. The first-order chi connectivity index (χ1) is 7.29. The fourth-order valence-corrected chi connectivity index (χ4v) is 1.54. The maximum atomic E-state index is 11.3. The van der Waals surface area contributed by atoms with Crippen molar-refractivity contribution in [1.82, 2.24) is 4.57 Å². The zero-order chi connectivity index (χ0) is 11.1. The summed E-state index contributed by atoms with van der Waals surface area (Å²) >= 11 is 0. The largest absolute Gasteiger partial charge is 0.419 e. The van der Waals surface area contributed by atoms with Crippen molar-refractivity contribution in [2.75, 3.05) is 0 Å². The van der Waals surface area contributed by atoms with Gasteiger partial charge in [-0.05, 0) is 19.3 Å². The third kappa shape index (κ3) is 3.23. The molecule has 1 heterocycles. The number of nitrogens with zero attached hydrogens (tertiary/aromatic N) is 1. The fourth-order valence-electron chi connectivity index (χ4n) is 1.54. The molecule has 0 aliphatic carbocycles. The minimum absolute atomic E-state index is 0.0273. The molecule has 0 spiro atoms. The van der Waals surface area contributed by atoms with Gasteiger partial charge in [0.05, 0.1) is 0 Å². The van der Waals surface area contributed by atoms with Gasteiger partial charge < -0.3 is 9.21 Å². The lowest BCUT2D eigenvalue weighted by atomic mass is 10.1. The van der Waals surface area contributed by atoms with Crippen LogP contribution in [0.25, 0.3) is 0 Å². The van der Waals surface area contributed by atoms with E-state index in [1.807, 2.05) is 0 Å². The van der Waals surface area contributed by atoms with Gasteiger partial charge in [0, 0.05) is 18.7 Å². The molecule has 0 saturated carbocycles. The Kier molecular flexibility index (Phi) is 4.60. The molecule has 1 aromatic heterocycles. The number of aldehydes is 1. The van der Waals surface area contributed by atoms with Crippen LogP contribution in [0.2, 0.25) is 0 Å². The van der Waals surface area contributed by atoms with Crippen LogP contribution in [0.3, 0.4) is 0 Å². The molecule has 4 heteroatoms. The summed E-state index contributed by atoms with van der Waals surface area (Å²) in [4.78, 5) is 21.6. The van der Waals surface area contributed by atoms with Crippen molar-refractivity contribution in [1.29, 1.82) is 0 Å². The first kappa shape index (κ1) is 11.5. The smallest absolute Gasteiger partial charge is 0.416 e. The molecule has 0 N–H and O–H groups in total. The number of carbonyl (C=O) groups excluding carboxylic acids is 1. The lowest BCUT2D eigenvalue weighted by Gasteiger charge is -2.14. The molecule has 0 aliphatic rings. The van der Waals surface area contributed by atoms with E-state index in [4.69, 9.17) is 4.42 Å². The number of rotatable bonds is 7. The van der Waals surface area contributed by atoms with Gasteiger partial charge in [0.1, 0.15) is 12.5 Å². The molecule has 0 saturated heterocycles. The van der Waals surface area contributed by atoms with Crippen molar-refractivity contribution in [3.8, 4) is 0 Å². The Morgan fingerprint density at radius 3 is 2.73 bits per heavy atom. The molecule has 0 radical (unpaired) electrons. The van der Waals surface area contributed by atoms with E-state index < -0.39 is 0 Å². The van der Waals surface area contributed by atoms with Gasteiger partial charge in [0.15, 0.2) is 0 Å². The lowest BCUT2D eigenvalue weighted by Crippen LogP contribution is -2.20. The predicted octanol–water partition coefficient (Wildman–Crippen LogP) is 1.93. The Morgan fingerprint density at radius 2 is 2.20 bits per heavy atom. The second kappa shape index (κ2) is 6.01. The Bertz CT molecular complexity index is 352. The van der Waals surface area contributed by atoms with Crippen LogP contribution in [0, 0.1) is 0 Å². The molecule has 0 aliphatic heterocycles. The summed E-state index contributed by atoms with van der Waals surface area (Å²) < 4.78 is 6.23. The molecule has 4 nitrogen and oxygen atoms in total. The highest BCUT2D eigenvalue weighted by Crippen LogP contribution is 2.17. The topological polar surface area (TPSA) is 52.2 Å². The molecule has 0 bridgehead atoms.